The monoisotopic (exact) mass is 356 g/mol. The van der Waals surface area contributed by atoms with Gasteiger partial charge in [-0.15, -0.1) is 0 Å². The molecule has 2 N–H and O–H groups in total. The molecule has 0 aromatic heterocycles. The Kier molecular flexibility index (Phi) is 3.31. The van der Waals surface area contributed by atoms with Gasteiger partial charge in [0.2, 0.25) is 0 Å². The first-order chi connectivity index (χ1) is 10.6. The van der Waals surface area contributed by atoms with Crippen LogP contribution in [0.4, 0.5) is 5.69 Å². The highest BCUT2D eigenvalue weighted by Gasteiger charge is 2.38. The van der Waals surface area contributed by atoms with Crippen LogP contribution in [-0.4, -0.2) is 18.5 Å². The molecule has 0 unspecified atom stereocenters. The first-order valence-corrected chi connectivity index (χ1v) is 8.38. The maximum absolute atomic E-state index is 12.9. The zero-order chi connectivity index (χ0) is 15.3. The van der Waals surface area contributed by atoms with E-state index >= 15 is 0 Å². The maximum atomic E-state index is 12.9. The number of nitrogens with zero attached hydrogens (tertiary/aromatic N) is 1. The Balaban J connectivity index is 1.79. The normalized spacial score (nSPS) is 22.5. The van der Waals surface area contributed by atoms with Crippen LogP contribution in [0.2, 0.25) is 0 Å². The highest BCUT2D eigenvalue weighted by atomic mass is 79.9. The lowest BCUT2D eigenvalue weighted by molar-refractivity contribution is 0.0988. The largest absolute Gasteiger partial charge is 0.327 e. The van der Waals surface area contributed by atoms with Gasteiger partial charge in [0.15, 0.2) is 0 Å². The zero-order valence-electron chi connectivity index (χ0n) is 12.1. The van der Waals surface area contributed by atoms with E-state index in [0.29, 0.717) is 5.92 Å². The predicted octanol–water partition coefficient (Wildman–Crippen LogP) is 3.47. The molecule has 2 aromatic carbocycles. The van der Waals surface area contributed by atoms with E-state index in [1.165, 1.54) is 11.1 Å². The molecular weight excluding hydrogens is 340 g/mol. The fourth-order valence-electron chi connectivity index (χ4n) is 3.77. The smallest absolute Gasteiger partial charge is 0.258 e. The standard InChI is InChI=1S/C18H17BrN2O/c19-15-6-7-16-17-12(8-13(20)9-14(15)17)10-21(16)18(22)11-4-2-1-3-5-11/h1-7,12-13H,8-10,20H2/t12-,13+/m1/s1. The minimum absolute atomic E-state index is 0.0769. The van der Waals surface area contributed by atoms with Crippen LogP contribution >= 0.6 is 15.9 Å². The summed E-state index contributed by atoms with van der Waals surface area (Å²) in [5, 5.41) is 0. The second-order valence-corrected chi connectivity index (χ2v) is 6.99. The van der Waals surface area contributed by atoms with Gasteiger partial charge >= 0.3 is 0 Å². The van der Waals surface area contributed by atoms with Crippen LogP contribution < -0.4 is 10.6 Å². The second kappa shape index (κ2) is 5.21. The molecule has 0 fully saturated rings. The van der Waals surface area contributed by atoms with E-state index < -0.39 is 0 Å². The Bertz CT molecular complexity index is 744. The number of anilines is 1. The number of rotatable bonds is 1. The summed E-state index contributed by atoms with van der Waals surface area (Å²) in [6.07, 6.45) is 1.84. The number of halogens is 1. The Labute approximate surface area is 138 Å². The molecule has 0 radical (unpaired) electrons. The van der Waals surface area contributed by atoms with Gasteiger partial charge < -0.3 is 10.6 Å². The van der Waals surface area contributed by atoms with Crippen molar-refractivity contribution in [2.75, 3.05) is 11.4 Å². The van der Waals surface area contributed by atoms with Crippen molar-refractivity contribution in [1.82, 2.24) is 0 Å². The number of hydrogen-bond acceptors (Lipinski definition) is 2. The third kappa shape index (κ3) is 2.09. The number of nitrogens with two attached hydrogens (primary N) is 1. The van der Waals surface area contributed by atoms with Gasteiger partial charge in [-0.3, -0.25) is 4.79 Å². The molecule has 112 valence electrons. The first-order valence-electron chi connectivity index (χ1n) is 7.59. The van der Waals surface area contributed by atoms with Crippen LogP contribution in [0.25, 0.3) is 0 Å². The van der Waals surface area contributed by atoms with E-state index in [0.717, 1.165) is 35.1 Å². The lowest BCUT2D eigenvalue weighted by Crippen LogP contribution is -2.33. The highest BCUT2D eigenvalue weighted by molar-refractivity contribution is 9.10. The summed E-state index contributed by atoms with van der Waals surface area (Å²) in [6, 6.07) is 13.8. The summed E-state index contributed by atoms with van der Waals surface area (Å²) in [6.45, 7) is 0.736. The number of carbonyl (C=O) groups excluding carboxylic acids is 1. The van der Waals surface area contributed by atoms with Crippen molar-refractivity contribution < 1.29 is 4.79 Å². The molecule has 4 rings (SSSR count). The van der Waals surface area contributed by atoms with Gasteiger partial charge in [-0.1, -0.05) is 34.1 Å². The minimum atomic E-state index is 0.0769. The Morgan fingerprint density at radius 3 is 2.73 bits per heavy atom. The van der Waals surface area contributed by atoms with Gasteiger partial charge in [0.25, 0.3) is 5.91 Å². The predicted molar refractivity (Wildman–Crippen MR) is 91.3 cm³/mol. The van der Waals surface area contributed by atoms with Crippen molar-refractivity contribution in [3.8, 4) is 0 Å². The summed E-state index contributed by atoms with van der Waals surface area (Å²) < 4.78 is 1.11. The van der Waals surface area contributed by atoms with E-state index in [2.05, 4.69) is 22.0 Å². The maximum Gasteiger partial charge on any atom is 0.258 e. The summed E-state index contributed by atoms with van der Waals surface area (Å²) in [4.78, 5) is 14.8. The van der Waals surface area contributed by atoms with Gasteiger partial charge in [-0.25, -0.2) is 0 Å². The molecule has 1 aliphatic carbocycles. The highest BCUT2D eigenvalue weighted by Crippen LogP contribution is 2.46. The molecule has 2 aliphatic rings. The molecule has 0 saturated carbocycles. The molecule has 0 bridgehead atoms. The van der Waals surface area contributed by atoms with Crippen molar-refractivity contribution in [3.63, 3.8) is 0 Å². The summed E-state index contributed by atoms with van der Waals surface area (Å²) >= 11 is 3.64. The Hall–Kier alpha value is -1.65. The molecule has 1 heterocycles. The third-order valence-electron chi connectivity index (χ3n) is 4.70. The molecule has 4 heteroatoms. The van der Waals surface area contributed by atoms with E-state index in [4.69, 9.17) is 5.73 Å². The molecule has 22 heavy (non-hydrogen) atoms. The van der Waals surface area contributed by atoms with E-state index in [1.54, 1.807) is 0 Å². The number of amides is 1. The van der Waals surface area contributed by atoms with Crippen LogP contribution in [0.1, 0.15) is 33.8 Å². The van der Waals surface area contributed by atoms with Crippen LogP contribution in [0.5, 0.6) is 0 Å². The number of hydrogen-bond donors (Lipinski definition) is 1. The zero-order valence-corrected chi connectivity index (χ0v) is 13.7. The fourth-order valence-corrected chi connectivity index (χ4v) is 4.27. The Morgan fingerprint density at radius 1 is 1.18 bits per heavy atom. The van der Waals surface area contributed by atoms with Crippen molar-refractivity contribution in [1.29, 1.82) is 0 Å². The summed E-state index contributed by atoms with van der Waals surface area (Å²) in [5.41, 5.74) is 10.6. The van der Waals surface area contributed by atoms with E-state index in [9.17, 15) is 4.79 Å². The minimum Gasteiger partial charge on any atom is -0.327 e. The fraction of sp³-hybridized carbons (Fsp3) is 0.278. The van der Waals surface area contributed by atoms with E-state index in [-0.39, 0.29) is 11.9 Å². The second-order valence-electron chi connectivity index (χ2n) is 6.14. The van der Waals surface area contributed by atoms with Crippen molar-refractivity contribution in [2.24, 2.45) is 5.73 Å². The van der Waals surface area contributed by atoms with Gasteiger partial charge in [0.1, 0.15) is 0 Å². The van der Waals surface area contributed by atoms with Gasteiger partial charge in [-0.05, 0) is 48.2 Å². The lowest BCUT2D eigenvalue weighted by atomic mass is 9.81. The molecule has 1 aliphatic heterocycles. The van der Waals surface area contributed by atoms with Crippen LogP contribution in [0.3, 0.4) is 0 Å². The van der Waals surface area contributed by atoms with Crippen LogP contribution in [0.15, 0.2) is 46.9 Å². The van der Waals surface area contributed by atoms with Crippen LogP contribution in [0, 0.1) is 0 Å². The number of carbonyl (C=O) groups is 1. The SMILES string of the molecule is N[C@@H]1Cc2c(Br)ccc3c2[C@H](C1)CN3C(=O)c1ccccc1. The molecule has 2 aromatic rings. The van der Waals surface area contributed by atoms with Crippen molar-refractivity contribution in [3.05, 3.63) is 63.6 Å². The summed E-state index contributed by atoms with van der Waals surface area (Å²) in [7, 11) is 0. The van der Waals surface area contributed by atoms with Crippen molar-refractivity contribution in [2.45, 2.75) is 24.8 Å². The quantitative estimate of drug-likeness (QED) is 0.850. The van der Waals surface area contributed by atoms with Gasteiger partial charge in [-0.2, -0.15) is 0 Å². The van der Waals surface area contributed by atoms with Crippen LogP contribution in [-0.2, 0) is 6.42 Å². The lowest BCUT2D eigenvalue weighted by Gasteiger charge is -2.26. The topological polar surface area (TPSA) is 46.3 Å². The van der Waals surface area contributed by atoms with Gasteiger partial charge in [0, 0.05) is 34.2 Å². The third-order valence-corrected chi connectivity index (χ3v) is 5.44. The number of benzene rings is 2. The molecule has 2 atom stereocenters. The first kappa shape index (κ1) is 14.0. The molecular formula is C18H17BrN2O. The average Bonchev–Trinajstić information content (AvgIpc) is 2.90. The molecule has 0 spiro atoms. The Morgan fingerprint density at radius 2 is 1.95 bits per heavy atom. The molecule has 3 nitrogen and oxygen atoms in total. The molecule has 0 saturated heterocycles. The average molecular weight is 357 g/mol. The van der Waals surface area contributed by atoms with E-state index in [1.807, 2.05) is 41.3 Å². The summed E-state index contributed by atoms with van der Waals surface area (Å²) in [5.74, 6) is 0.437. The molecule has 1 amide bonds. The van der Waals surface area contributed by atoms with Crippen molar-refractivity contribution >= 4 is 27.5 Å². The van der Waals surface area contributed by atoms with Gasteiger partial charge in [0.05, 0.1) is 0 Å².